The first-order chi connectivity index (χ1) is 14.4. The molecule has 2 fully saturated rings. The molecule has 0 bridgehead atoms. The molecule has 3 aromatic rings. The van der Waals surface area contributed by atoms with E-state index in [0.29, 0.717) is 53.8 Å². The van der Waals surface area contributed by atoms with E-state index in [4.69, 9.17) is 20.8 Å². The molecule has 1 aromatic heterocycles. The molecule has 5 rings (SSSR count). The summed E-state index contributed by atoms with van der Waals surface area (Å²) in [6, 6.07) is 13.0. The van der Waals surface area contributed by atoms with Gasteiger partial charge >= 0.3 is 0 Å². The molecular formula is C23H21ClN2O4. The van der Waals surface area contributed by atoms with Gasteiger partial charge in [-0.15, -0.1) is 0 Å². The second-order valence-electron chi connectivity index (χ2n) is 8.10. The first-order valence-corrected chi connectivity index (χ1v) is 10.3. The SMILES string of the molecule is Cc1oc2ccc(OCc3ccc(Cl)cc3)cc2c1C(=O)N1CC2(CCC(=O)N2)C1. The zero-order valence-electron chi connectivity index (χ0n) is 16.5. The van der Waals surface area contributed by atoms with Crippen molar-refractivity contribution < 1.29 is 18.7 Å². The van der Waals surface area contributed by atoms with Gasteiger partial charge in [0.05, 0.1) is 11.1 Å². The summed E-state index contributed by atoms with van der Waals surface area (Å²) in [5.74, 6) is 1.24. The summed E-state index contributed by atoms with van der Waals surface area (Å²) in [5, 5.41) is 4.43. The van der Waals surface area contributed by atoms with Gasteiger partial charge in [-0.25, -0.2) is 0 Å². The highest BCUT2D eigenvalue weighted by atomic mass is 35.5. The number of nitrogens with one attached hydrogen (secondary N) is 1. The number of carbonyl (C=O) groups excluding carboxylic acids is 2. The lowest BCUT2D eigenvalue weighted by Crippen LogP contribution is -2.68. The van der Waals surface area contributed by atoms with Crippen molar-refractivity contribution in [2.45, 2.75) is 31.9 Å². The summed E-state index contributed by atoms with van der Waals surface area (Å²) < 4.78 is 11.7. The predicted octanol–water partition coefficient (Wildman–Crippen LogP) is 4.08. The van der Waals surface area contributed by atoms with Crippen LogP contribution in [0, 0.1) is 6.92 Å². The van der Waals surface area contributed by atoms with Gasteiger partial charge in [0.15, 0.2) is 0 Å². The molecule has 7 heteroatoms. The average molecular weight is 425 g/mol. The molecule has 2 aliphatic heterocycles. The Kier molecular flexibility index (Phi) is 4.47. The Balaban J connectivity index is 1.35. The quantitative estimate of drug-likeness (QED) is 0.685. The van der Waals surface area contributed by atoms with Gasteiger partial charge in [0.2, 0.25) is 5.91 Å². The Labute approximate surface area is 178 Å². The predicted molar refractivity (Wildman–Crippen MR) is 113 cm³/mol. The van der Waals surface area contributed by atoms with Gasteiger partial charge in [0, 0.05) is 29.9 Å². The van der Waals surface area contributed by atoms with Crippen LogP contribution in [0.3, 0.4) is 0 Å². The van der Waals surface area contributed by atoms with E-state index in [1.54, 1.807) is 11.8 Å². The summed E-state index contributed by atoms with van der Waals surface area (Å²) in [5.41, 5.74) is 1.97. The van der Waals surface area contributed by atoms with Crippen LogP contribution in [-0.4, -0.2) is 35.3 Å². The second kappa shape index (κ2) is 7.06. The molecule has 30 heavy (non-hydrogen) atoms. The Morgan fingerprint density at radius 1 is 1.23 bits per heavy atom. The highest BCUT2D eigenvalue weighted by Gasteiger charge is 2.49. The van der Waals surface area contributed by atoms with Crippen molar-refractivity contribution in [1.82, 2.24) is 10.2 Å². The number of amides is 2. The highest BCUT2D eigenvalue weighted by Crippen LogP contribution is 2.35. The molecule has 1 N–H and O–H groups in total. The van der Waals surface area contributed by atoms with Crippen LogP contribution in [0.4, 0.5) is 0 Å². The molecule has 0 saturated carbocycles. The number of nitrogens with zero attached hydrogens (tertiary/aromatic N) is 1. The van der Waals surface area contributed by atoms with Crippen LogP contribution in [0.2, 0.25) is 5.02 Å². The van der Waals surface area contributed by atoms with Crippen molar-refractivity contribution >= 4 is 34.4 Å². The molecule has 2 saturated heterocycles. The largest absolute Gasteiger partial charge is 0.489 e. The van der Waals surface area contributed by atoms with Gasteiger partial charge in [0.1, 0.15) is 23.7 Å². The highest BCUT2D eigenvalue weighted by molar-refractivity contribution is 6.30. The first-order valence-electron chi connectivity index (χ1n) is 9.93. The van der Waals surface area contributed by atoms with E-state index in [1.165, 1.54) is 0 Å². The van der Waals surface area contributed by atoms with Crippen molar-refractivity contribution in [1.29, 1.82) is 0 Å². The number of carbonyl (C=O) groups is 2. The molecular weight excluding hydrogens is 404 g/mol. The number of ether oxygens (including phenoxy) is 1. The van der Waals surface area contributed by atoms with Crippen molar-refractivity contribution in [3.63, 3.8) is 0 Å². The van der Waals surface area contributed by atoms with E-state index in [2.05, 4.69) is 5.32 Å². The summed E-state index contributed by atoms with van der Waals surface area (Å²) >= 11 is 5.92. The number of hydrogen-bond acceptors (Lipinski definition) is 4. The van der Waals surface area contributed by atoms with E-state index in [9.17, 15) is 9.59 Å². The van der Waals surface area contributed by atoms with E-state index >= 15 is 0 Å². The maximum atomic E-state index is 13.2. The summed E-state index contributed by atoms with van der Waals surface area (Å²) in [6.07, 6.45) is 1.31. The summed E-state index contributed by atoms with van der Waals surface area (Å²) in [4.78, 5) is 26.5. The number of aryl methyl sites for hydroxylation is 1. The third-order valence-corrected chi connectivity index (χ3v) is 6.13. The third-order valence-electron chi connectivity index (χ3n) is 5.88. The molecule has 0 aliphatic carbocycles. The molecule has 2 amide bonds. The lowest BCUT2D eigenvalue weighted by Gasteiger charge is -2.47. The van der Waals surface area contributed by atoms with Crippen LogP contribution >= 0.6 is 11.6 Å². The van der Waals surface area contributed by atoms with Gasteiger partial charge < -0.3 is 19.4 Å². The normalized spacial score (nSPS) is 17.3. The van der Waals surface area contributed by atoms with Gasteiger partial charge in [-0.1, -0.05) is 23.7 Å². The molecule has 1 spiro atoms. The van der Waals surface area contributed by atoms with Crippen molar-refractivity contribution in [2.75, 3.05) is 13.1 Å². The molecule has 0 radical (unpaired) electrons. The van der Waals surface area contributed by atoms with Crippen LogP contribution in [0.1, 0.15) is 34.5 Å². The lowest BCUT2D eigenvalue weighted by molar-refractivity contribution is -0.120. The molecule has 3 heterocycles. The Bertz CT molecular complexity index is 1150. The molecule has 2 aliphatic rings. The van der Waals surface area contributed by atoms with Gasteiger partial charge in [-0.05, 0) is 49.2 Å². The van der Waals surface area contributed by atoms with E-state index in [0.717, 1.165) is 17.4 Å². The fourth-order valence-electron chi connectivity index (χ4n) is 4.30. The number of rotatable bonds is 4. The molecule has 2 aromatic carbocycles. The smallest absolute Gasteiger partial charge is 0.258 e. The van der Waals surface area contributed by atoms with Crippen molar-refractivity contribution in [2.24, 2.45) is 0 Å². The van der Waals surface area contributed by atoms with Crippen LogP contribution in [-0.2, 0) is 11.4 Å². The Morgan fingerprint density at radius 3 is 2.70 bits per heavy atom. The molecule has 0 atom stereocenters. The number of likely N-dealkylation sites (tertiary alicyclic amines) is 1. The minimum Gasteiger partial charge on any atom is -0.489 e. The van der Waals surface area contributed by atoms with Gasteiger partial charge in [-0.3, -0.25) is 9.59 Å². The van der Waals surface area contributed by atoms with E-state index in [-0.39, 0.29) is 17.4 Å². The van der Waals surface area contributed by atoms with Crippen molar-refractivity contribution in [3.05, 3.63) is 64.4 Å². The topological polar surface area (TPSA) is 71.8 Å². The maximum Gasteiger partial charge on any atom is 0.258 e. The number of hydrogen-bond donors (Lipinski definition) is 1. The fourth-order valence-corrected chi connectivity index (χ4v) is 4.42. The Hall–Kier alpha value is -2.99. The van der Waals surface area contributed by atoms with Gasteiger partial charge in [0.25, 0.3) is 5.91 Å². The van der Waals surface area contributed by atoms with Crippen LogP contribution in [0.5, 0.6) is 5.75 Å². The van der Waals surface area contributed by atoms with E-state index < -0.39 is 0 Å². The second-order valence-corrected chi connectivity index (χ2v) is 8.53. The van der Waals surface area contributed by atoms with Gasteiger partial charge in [-0.2, -0.15) is 0 Å². The molecule has 6 nitrogen and oxygen atoms in total. The van der Waals surface area contributed by atoms with Crippen molar-refractivity contribution in [3.8, 4) is 5.75 Å². The van der Waals surface area contributed by atoms with E-state index in [1.807, 2.05) is 42.5 Å². The number of fused-ring (bicyclic) bond motifs is 1. The number of benzene rings is 2. The molecule has 154 valence electrons. The minimum absolute atomic E-state index is 0.0644. The Morgan fingerprint density at radius 2 is 2.00 bits per heavy atom. The average Bonchev–Trinajstić information content (AvgIpc) is 3.25. The van der Waals surface area contributed by atoms with Crippen LogP contribution in [0.25, 0.3) is 11.0 Å². The summed E-state index contributed by atoms with van der Waals surface area (Å²) in [6.45, 7) is 3.28. The third kappa shape index (κ3) is 3.31. The maximum absolute atomic E-state index is 13.2. The monoisotopic (exact) mass is 424 g/mol. The number of furan rings is 1. The standard InChI is InChI=1S/C23H21ClN2O4/c1-14-21(22(28)26-12-23(13-26)9-8-20(27)25-23)18-10-17(6-7-19(18)30-14)29-11-15-2-4-16(24)5-3-15/h2-7,10H,8-9,11-13H2,1H3,(H,25,27). The molecule has 0 unspecified atom stereocenters. The van der Waals surface area contributed by atoms with Crippen LogP contribution in [0.15, 0.2) is 46.9 Å². The minimum atomic E-state index is -0.243. The zero-order chi connectivity index (χ0) is 20.9. The van der Waals surface area contributed by atoms with Crippen LogP contribution < -0.4 is 10.1 Å². The fraction of sp³-hybridized carbons (Fsp3) is 0.304. The number of halogens is 1. The zero-order valence-corrected chi connectivity index (χ0v) is 17.3. The lowest BCUT2D eigenvalue weighted by atomic mass is 9.87. The first kappa shape index (κ1) is 19.0. The summed E-state index contributed by atoms with van der Waals surface area (Å²) in [7, 11) is 0.